The van der Waals surface area contributed by atoms with Crippen molar-refractivity contribution < 1.29 is 0 Å². The first-order valence-corrected chi connectivity index (χ1v) is 19.9. The Morgan fingerprint density at radius 2 is 1.20 bits per heavy atom. The fourth-order valence-corrected chi connectivity index (χ4v) is 0. The van der Waals surface area contributed by atoms with Crippen LogP contribution in [0.25, 0.3) is 0 Å². The molecular formula is Cl3ISn. The molecule has 0 fully saturated rings. The minimum absolute atomic E-state index is 1.88. The van der Waals surface area contributed by atoms with Gasteiger partial charge in [-0.15, -0.1) is 0 Å². The summed E-state index contributed by atoms with van der Waals surface area (Å²) in [5.74, 6) is 0. The molecule has 0 atom stereocenters. The summed E-state index contributed by atoms with van der Waals surface area (Å²) in [6, 6.07) is 0. The van der Waals surface area contributed by atoms with Crippen molar-refractivity contribution in [3.63, 3.8) is 0 Å². The number of rotatable bonds is 0. The first kappa shape index (κ1) is 7.40. The molecule has 0 unspecified atom stereocenters. The van der Waals surface area contributed by atoms with E-state index in [1.54, 1.807) is 0 Å². The van der Waals surface area contributed by atoms with E-state index in [2.05, 4.69) is 0 Å². The number of hydrogen-bond acceptors (Lipinski definition) is 0. The molecule has 0 bridgehead atoms. The second-order valence-electron chi connectivity index (χ2n) is 0.429. The fourth-order valence-electron chi connectivity index (χ4n) is 0. The van der Waals surface area contributed by atoms with E-state index < -0.39 is 11.0 Å². The average Bonchev–Trinajstić information content (AvgIpc) is 0.722. The Kier molecular flexibility index (Phi) is 3.91. The number of halogens is 4. The summed E-state index contributed by atoms with van der Waals surface area (Å²) in [6.45, 7) is 0. The van der Waals surface area contributed by atoms with Crippen LogP contribution >= 0.6 is 45.4 Å². The van der Waals surface area contributed by atoms with E-state index in [1.807, 2.05) is 18.6 Å². The predicted molar refractivity (Wildman–Crippen MR) is 37.3 cm³/mol. The minimum atomic E-state index is -2.79. The van der Waals surface area contributed by atoms with Crippen LogP contribution in [-0.4, -0.2) is 11.0 Å². The maximum atomic E-state index is 5.26. The van der Waals surface area contributed by atoms with Gasteiger partial charge in [-0.05, 0) is 0 Å². The van der Waals surface area contributed by atoms with E-state index in [4.69, 9.17) is 26.8 Å². The van der Waals surface area contributed by atoms with Crippen LogP contribution in [0.2, 0.25) is 0 Å². The molecule has 0 aromatic rings. The van der Waals surface area contributed by atoms with Crippen LogP contribution in [0, 0.1) is 0 Å². The van der Waals surface area contributed by atoms with Gasteiger partial charge in [-0.1, -0.05) is 0 Å². The molecule has 0 N–H and O–H groups in total. The molecule has 0 saturated carbocycles. The molecule has 5 heteroatoms. The Labute approximate surface area is 55.4 Å². The quantitative estimate of drug-likeness (QED) is 0.465. The van der Waals surface area contributed by atoms with Crippen molar-refractivity contribution in [2.45, 2.75) is 0 Å². The monoisotopic (exact) mass is 352 g/mol. The third-order valence-electron chi connectivity index (χ3n) is 0. The Bertz CT molecular complexity index is 22.4. The van der Waals surface area contributed by atoms with Crippen molar-refractivity contribution in [3.8, 4) is 0 Å². The van der Waals surface area contributed by atoms with Gasteiger partial charge < -0.3 is 0 Å². The van der Waals surface area contributed by atoms with Crippen LogP contribution in [0.4, 0.5) is 0 Å². The van der Waals surface area contributed by atoms with Gasteiger partial charge in [-0.2, -0.15) is 0 Å². The van der Waals surface area contributed by atoms with E-state index in [1.165, 1.54) is 0 Å². The predicted octanol–water partition coefficient (Wildman–Crippen LogP) is 2.57. The second kappa shape index (κ2) is 2.64. The van der Waals surface area contributed by atoms with Crippen LogP contribution in [0.3, 0.4) is 0 Å². The molecule has 0 aromatic heterocycles. The first-order valence-electron chi connectivity index (χ1n) is 0.756. The van der Waals surface area contributed by atoms with E-state index in [0.29, 0.717) is 0 Å². The van der Waals surface area contributed by atoms with Crippen molar-refractivity contribution in [3.05, 3.63) is 0 Å². The van der Waals surface area contributed by atoms with Crippen molar-refractivity contribution in [1.82, 2.24) is 0 Å². The third-order valence-corrected chi connectivity index (χ3v) is 0. The summed E-state index contributed by atoms with van der Waals surface area (Å²) < 4.78 is 0. The summed E-state index contributed by atoms with van der Waals surface area (Å²) in [5.41, 5.74) is 0. The molecule has 0 spiro atoms. The van der Waals surface area contributed by atoms with Gasteiger partial charge in [0.05, 0.1) is 0 Å². The standard InChI is InChI=1S/3ClH.HI.Sn/h4*1H;/q;;;;+4/p-4. The van der Waals surface area contributed by atoms with Gasteiger partial charge in [-0.3, -0.25) is 0 Å². The molecule has 0 heterocycles. The molecule has 0 aliphatic heterocycles. The Hall–Kier alpha value is 2.40. The Balaban J connectivity index is 3.02. The van der Waals surface area contributed by atoms with Crippen molar-refractivity contribution in [1.29, 1.82) is 0 Å². The molecule has 0 amide bonds. The van der Waals surface area contributed by atoms with Crippen molar-refractivity contribution in [2.24, 2.45) is 0 Å². The zero-order chi connectivity index (χ0) is 4.50. The van der Waals surface area contributed by atoms with Gasteiger partial charge in [0.2, 0.25) is 0 Å². The van der Waals surface area contributed by atoms with Crippen LogP contribution < -0.4 is 0 Å². The van der Waals surface area contributed by atoms with E-state index in [0.717, 1.165) is 0 Å². The first-order chi connectivity index (χ1) is 2.00. The van der Waals surface area contributed by atoms with Crippen LogP contribution in [0.1, 0.15) is 0 Å². The molecule has 0 aliphatic carbocycles. The molecule has 0 radical (unpaired) electrons. The maximum absolute atomic E-state index is 5.26. The molecule has 0 rings (SSSR count). The molecular weight excluding hydrogens is 352 g/mol. The average molecular weight is 352 g/mol. The van der Waals surface area contributed by atoms with Gasteiger partial charge in [0, 0.05) is 0 Å². The van der Waals surface area contributed by atoms with Gasteiger partial charge in [0.15, 0.2) is 0 Å². The number of hydrogen-bond donors (Lipinski definition) is 0. The molecule has 0 nitrogen and oxygen atoms in total. The van der Waals surface area contributed by atoms with Crippen LogP contribution in [0.15, 0.2) is 0 Å². The zero-order valence-corrected chi connectivity index (χ0v) is 9.29. The van der Waals surface area contributed by atoms with Gasteiger partial charge in [0.25, 0.3) is 0 Å². The summed E-state index contributed by atoms with van der Waals surface area (Å²) >= 11 is -0.910. The topological polar surface area (TPSA) is 0 Å². The SMILES string of the molecule is [Cl][Sn]([Cl])([Cl])[I]. The summed E-state index contributed by atoms with van der Waals surface area (Å²) in [7, 11) is 15.8. The van der Waals surface area contributed by atoms with Crippen molar-refractivity contribution >= 4 is 56.4 Å². The summed E-state index contributed by atoms with van der Waals surface area (Å²) in [5, 5.41) is 0. The van der Waals surface area contributed by atoms with Crippen LogP contribution in [0.5, 0.6) is 0 Å². The molecule has 0 aromatic carbocycles. The molecule has 0 saturated heterocycles. The zero-order valence-electron chi connectivity index (χ0n) is 2.01. The Morgan fingerprint density at radius 1 is 1.20 bits per heavy atom. The summed E-state index contributed by atoms with van der Waals surface area (Å²) in [6.07, 6.45) is 0. The molecule has 0 aliphatic rings. The second-order valence-corrected chi connectivity index (χ2v) is 41.9. The van der Waals surface area contributed by atoms with Gasteiger partial charge >= 0.3 is 56.4 Å². The molecule has 32 valence electrons. The summed E-state index contributed by atoms with van der Waals surface area (Å²) in [4.78, 5) is 0. The van der Waals surface area contributed by atoms with E-state index >= 15 is 0 Å². The normalized spacial score (nSPS) is 12.0. The Morgan fingerprint density at radius 3 is 1.20 bits per heavy atom. The molecule has 5 heavy (non-hydrogen) atoms. The van der Waals surface area contributed by atoms with Crippen molar-refractivity contribution in [2.75, 3.05) is 0 Å². The fraction of sp³-hybridized carbons (Fsp3) is 0. The van der Waals surface area contributed by atoms with Crippen LogP contribution in [-0.2, 0) is 0 Å². The third kappa shape index (κ3) is 21.5. The van der Waals surface area contributed by atoms with E-state index in [-0.39, 0.29) is 0 Å². The van der Waals surface area contributed by atoms with Gasteiger partial charge in [-0.25, -0.2) is 0 Å². The van der Waals surface area contributed by atoms with E-state index in [9.17, 15) is 0 Å². The van der Waals surface area contributed by atoms with Gasteiger partial charge in [0.1, 0.15) is 0 Å².